The summed E-state index contributed by atoms with van der Waals surface area (Å²) in [6.45, 7) is 2.16. The average Bonchev–Trinajstić information content (AvgIpc) is 2.82. The minimum atomic E-state index is -3.99. The van der Waals surface area contributed by atoms with Gasteiger partial charge >= 0.3 is 0 Å². The Kier molecular flexibility index (Phi) is 9.71. The van der Waals surface area contributed by atoms with E-state index in [9.17, 15) is 13.2 Å². The summed E-state index contributed by atoms with van der Waals surface area (Å²) in [4.78, 5) is 12.7. The SMILES string of the molecule is Cc1cccc(CSCCCNC(=O)CN(c2ccc(Cl)c(Cl)c2)S(=O)(=O)c2ccccc2)c1. The maximum absolute atomic E-state index is 13.3. The third kappa shape index (κ3) is 7.40. The molecule has 9 heteroatoms. The zero-order chi connectivity index (χ0) is 24.6. The van der Waals surface area contributed by atoms with Gasteiger partial charge in [-0.05, 0) is 55.0 Å². The molecule has 0 aliphatic carbocycles. The van der Waals surface area contributed by atoms with Crippen LogP contribution in [0.25, 0.3) is 0 Å². The van der Waals surface area contributed by atoms with Gasteiger partial charge in [-0.2, -0.15) is 11.8 Å². The molecular weight excluding hydrogens is 511 g/mol. The number of hydrogen-bond donors (Lipinski definition) is 1. The van der Waals surface area contributed by atoms with E-state index in [0.717, 1.165) is 22.2 Å². The van der Waals surface area contributed by atoms with Crippen molar-refractivity contribution >= 4 is 56.6 Å². The summed E-state index contributed by atoms with van der Waals surface area (Å²) >= 11 is 13.9. The van der Waals surface area contributed by atoms with Gasteiger partial charge in [0.2, 0.25) is 5.91 Å². The average molecular weight is 538 g/mol. The molecule has 0 heterocycles. The number of anilines is 1. The number of sulfonamides is 1. The second-order valence-electron chi connectivity index (χ2n) is 7.67. The highest BCUT2D eigenvalue weighted by molar-refractivity contribution is 7.98. The first-order valence-electron chi connectivity index (χ1n) is 10.7. The van der Waals surface area contributed by atoms with Gasteiger partial charge in [-0.3, -0.25) is 9.10 Å². The lowest BCUT2D eigenvalue weighted by atomic mass is 10.2. The number of amides is 1. The third-order valence-electron chi connectivity index (χ3n) is 4.95. The van der Waals surface area contributed by atoms with Crippen molar-refractivity contribution in [2.75, 3.05) is 23.1 Å². The van der Waals surface area contributed by atoms with Crippen LogP contribution in [0.1, 0.15) is 17.5 Å². The predicted molar refractivity (Wildman–Crippen MR) is 142 cm³/mol. The quantitative estimate of drug-likeness (QED) is 0.308. The maximum atomic E-state index is 13.3. The molecule has 0 spiro atoms. The van der Waals surface area contributed by atoms with E-state index in [0.29, 0.717) is 11.6 Å². The van der Waals surface area contributed by atoms with Gasteiger partial charge in [0.1, 0.15) is 6.54 Å². The second-order valence-corrected chi connectivity index (χ2v) is 11.5. The first-order chi connectivity index (χ1) is 16.3. The number of benzene rings is 3. The Hall–Kier alpha value is -2.19. The molecule has 0 saturated heterocycles. The van der Waals surface area contributed by atoms with Crippen molar-refractivity contribution in [3.8, 4) is 0 Å². The van der Waals surface area contributed by atoms with Gasteiger partial charge in [-0.1, -0.05) is 71.2 Å². The fourth-order valence-electron chi connectivity index (χ4n) is 3.26. The molecule has 0 bridgehead atoms. The van der Waals surface area contributed by atoms with E-state index in [1.54, 1.807) is 30.0 Å². The monoisotopic (exact) mass is 536 g/mol. The van der Waals surface area contributed by atoms with Crippen LogP contribution in [-0.4, -0.2) is 33.2 Å². The number of carbonyl (C=O) groups excluding carboxylic acids is 1. The van der Waals surface area contributed by atoms with E-state index in [4.69, 9.17) is 23.2 Å². The van der Waals surface area contributed by atoms with Crippen LogP contribution in [0.3, 0.4) is 0 Å². The smallest absolute Gasteiger partial charge is 0.264 e. The molecule has 3 aromatic rings. The van der Waals surface area contributed by atoms with Crippen molar-refractivity contribution in [2.24, 2.45) is 0 Å². The predicted octanol–water partition coefficient (Wildman–Crippen LogP) is 5.94. The van der Waals surface area contributed by atoms with Crippen LogP contribution in [0.2, 0.25) is 10.0 Å². The van der Waals surface area contributed by atoms with Crippen LogP contribution in [0.5, 0.6) is 0 Å². The molecule has 0 aliphatic rings. The zero-order valence-electron chi connectivity index (χ0n) is 18.7. The van der Waals surface area contributed by atoms with Crippen LogP contribution in [-0.2, 0) is 20.6 Å². The van der Waals surface area contributed by atoms with Crippen LogP contribution in [0.15, 0.2) is 77.7 Å². The number of nitrogens with one attached hydrogen (secondary N) is 1. The normalized spacial score (nSPS) is 11.3. The van der Waals surface area contributed by atoms with Crippen LogP contribution < -0.4 is 9.62 Å². The summed E-state index contributed by atoms with van der Waals surface area (Å²) in [5, 5.41) is 3.33. The molecular formula is C25H26Cl2N2O3S2. The van der Waals surface area contributed by atoms with E-state index in [1.807, 2.05) is 0 Å². The Morgan fingerprint density at radius 3 is 2.44 bits per heavy atom. The van der Waals surface area contributed by atoms with Crippen LogP contribution in [0, 0.1) is 6.92 Å². The van der Waals surface area contributed by atoms with Gasteiger partial charge in [0, 0.05) is 12.3 Å². The molecule has 0 radical (unpaired) electrons. The molecule has 0 fully saturated rings. The molecule has 1 N–H and O–H groups in total. The second kappa shape index (κ2) is 12.5. The highest BCUT2D eigenvalue weighted by Gasteiger charge is 2.27. The lowest BCUT2D eigenvalue weighted by Crippen LogP contribution is -2.41. The number of thioether (sulfide) groups is 1. The minimum absolute atomic E-state index is 0.0846. The van der Waals surface area contributed by atoms with Gasteiger partial charge in [-0.25, -0.2) is 8.42 Å². The van der Waals surface area contributed by atoms with E-state index in [-0.39, 0.29) is 22.2 Å². The topological polar surface area (TPSA) is 66.5 Å². The number of rotatable bonds is 11. The van der Waals surface area contributed by atoms with E-state index < -0.39 is 15.9 Å². The lowest BCUT2D eigenvalue weighted by Gasteiger charge is -2.24. The fraction of sp³-hybridized carbons (Fsp3) is 0.240. The molecule has 180 valence electrons. The number of halogens is 2. The van der Waals surface area contributed by atoms with Crippen molar-refractivity contribution in [3.63, 3.8) is 0 Å². The molecule has 0 aliphatic heterocycles. The number of aryl methyl sites for hydroxylation is 1. The van der Waals surface area contributed by atoms with Crippen molar-refractivity contribution in [3.05, 3.63) is 94.0 Å². The van der Waals surface area contributed by atoms with Crippen molar-refractivity contribution in [2.45, 2.75) is 24.0 Å². The molecule has 1 amide bonds. The Labute approximate surface area is 215 Å². The fourth-order valence-corrected chi connectivity index (χ4v) is 5.89. The summed E-state index contributed by atoms with van der Waals surface area (Å²) in [5.41, 5.74) is 2.78. The van der Waals surface area contributed by atoms with Crippen molar-refractivity contribution in [1.82, 2.24) is 5.32 Å². The van der Waals surface area contributed by atoms with E-state index in [2.05, 4.69) is 36.5 Å². The van der Waals surface area contributed by atoms with Gasteiger partial charge < -0.3 is 5.32 Å². The molecule has 0 atom stereocenters. The first kappa shape index (κ1) is 26.4. The Balaban J connectivity index is 1.59. The van der Waals surface area contributed by atoms with Gasteiger partial charge in [0.05, 0.1) is 20.6 Å². The largest absolute Gasteiger partial charge is 0.354 e. The number of hydrogen-bond acceptors (Lipinski definition) is 4. The Morgan fingerprint density at radius 1 is 0.971 bits per heavy atom. The molecule has 3 aromatic carbocycles. The molecule has 0 saturated carbocycles. The van der Waals surface area contributed by atoms with Crippen LogP contribution >= 0.6 is 35.0 Å². The highest BCUT2D eigenvalue weighted by atomic mass is 35.5. The zero-order valence-corrected chi connectivity index (χ0v) is 21.9. The minimum Gasteiger partial charge on any atom is -0.354 e. The summed E-state index contributed by atoms with van der Waals surface area (Å²) in [6.07, 6.45) is 0.778. The van der Waals surface area contributed by atoms with Crippen LogP contribution in [0.4, 0.5) is 5.69 Å². The molecule has 5 nitrogen and oxygen atoms in total. The summed E-state index contributed by atoms with van der Waals surface area (Å²) in [5.74, 6) is 1.40. The number of carbonyl (C=O) groups is 1. The first-order valence-corrected chi connectivity index (χ1v) is 14.1. The van der Waals surface area contributed by atoms with Crippen molar-refractivity contribution in [1.29, 1.82) is 0 Å². The van der Waals surface area contributed by atoms with Gasteiger partial charge in [0.15, 0.2) is 0 Å². The molecule has 0 aromatic heterocycles. The molecule has 3 rings (SSSR count). The summed E-state index contributed by atoms with van der Waals surface area (Å²) < 4.78 is 27.7. The van der Waals surface area contributed by atoms with Crippen molar-refractivity contribution < 1.29 is 13.2 Å². The van der Waals surface area contributed by atoms with E-state index in [1.165, 1.54) is 41.5 Å². The standard InChI is InChI=1S/C25H26Cl2N2O3S2/c1-19-7-5-8-20(15-19)18-33-14-6-13-28-25(30)17-29(21-11-12-23(26)24(27)16-21)34(31,32)22-9-3-2-4-10-22/h2-5,7-12,15-16H,6,13-14,17-18H2,1H3,(H,28,30). The number of nitrogens with zero attached hydrogens (tertiary/aromatic N) is 1. The Bertz CT molecular complexity index is 1220. The van der Waals surface area contributed by atoms with Gasteiger partial charge in [-0.15, -0.1) is 0 Å². The molecule has 34 heavy (non-hydrogen) atoms. The Morgan fingerprint density at radius 2 is 1.74 bits per heavy atom. The van der Waals surface area contributed by atoms with Gasteiger partial charge in [0.25, 0.3) is 10.0 Å². The summed E-state index contributed by atoms with van der Waals surface area (Å²) in [6, 6.07) is 20.9. The lowest BCUT2D eigenvalue weighted by molar-refractivity contribution is -0.119. The summed E-state index contributed by atoms with van der Waals surface area (Å²) in [7, 11) is -3.99. The third-order valence-corrected chi connectivity index (χ3v) is 8.59. The molecule has 0 unspecified atom stereocenters. The highest BCUT2D eigenvalue weighted by Crippen LogP contribution is 2.30. The van der Waals surface area contributed by atoms with E-state index >= 15 is 0 Å². The maximum Gasteiger partial charge on any atom is 0.264 e.